The number of hydrogen-bond donors (Lipinski definition) is 0. The van der Waals surface area contributed by atoms with Gasteiger partial charge in [0, 0.05) is 10.9 Å². The van der Waals surface area contributed by atoms with Crippen molar-refractivity contribution in [3.05, 3.63) is 65.7 Å². The Morgan fingerprint density at radius 1 is 0.750 bits per heavy atom. The topological polar surface area (TPSA) is 12.9 Å². The SMILES string of the molecule is CC1(C)CCC(C)(C)c2cc(-c3ccc4ccccc4n3)ccc21. The zero-order valence-corrected chi connectivity index (χ0v) is 15.1. The monoisotopic (exact) mass is 315 g/mol. The third-order valence-electron chi connectivity index (χ3n) is 5.75. The number of fused-ring (bicyclic) bond motifs is 2. The van der Waals surface area contributed by atoms with Crippen LogP contribution in [0.5, 0.6) is 0 Å². The smallest absolute Gasteiger partial charge is 0.0709 e. The van der Waals surface area contributed by atoms with Crippen LogP contribution in [0.4, 0.5) is 0 Å². The van der Waals surface area contributed by atoms with Crippen molar-refractivity contribution in [2.24, 2.45) is 0 Å². The van der Waals surface area contributed by atoms with E-state index in [0.29, 0.717) is 0 Å². The minimum Gasteiger partial charge on any atom is -0.248 e. The quantitative estimate of drug-likeness (QED) is 0.517. The number of rotatable bonds is 1. The first-order chi connectivity index (χ1) is 11.4. The molecule has 0 fully saturated rings. The van der Waals surface area contributed by atoms with E-state index in [0.717, 1.165) is 11.2 Å². The van der Waals surface area contributed by atoms with E-state index in [-0.39, 0.29) is 10.8 Å². The summed E-state index contributed by atoms with van der Waals surface area (Å²) >= 11 is 0. The highest BCUT2D eigenvalue weighted by atomic mass is 14.7. The lowest BCUT2D eigenvalue weighted by Crippen LogP contribution is -2.33. The van der Waals surface area contributed by atoms with Crippen molar-refractivity contribution in [3.8, 4) is 11.3 Å². The number of para-hydroxylation sites is 1. The Morgan fingerprint density at radius 2 is 1.46 bits per heavy atom. The van der Waals surface area contributed by atoms with Crippen LogP contribution in [0.25, 0.3) is 22.2 Å². The molecule has 0 saturated heterocycles. The van der Waals surface area contributed by atoms with Gasteiger partial charge in [-0.15, -0.1) is 0 Å². The Balaban J connectivity index is 1.87. The van der Waals surface area contributed by atoms with Crippen molar-refractivity contribution in [1.29, 1.82) is 0 Å². The average Bonchev–Trinajstić information content (AvgIpc) is 2.58. The lowest BCUT2D eigenvalue weighted by molar-refractivity contribution is 0.332. The van der Waals surface area contributed by atoms with Crippen LogP contribution in [-0.4, -0.2) is 4.98 Å². The minimum atomic E-state index is 0.234. The first kappa shape index (κ1) is 15.4. The molecule has 1 heterocycles. The second kappa shape index (κ2) is 5.17. The van der Waals surface area contributed by atoms with Crippen molar-refractivity contribution in [1.82, 2.24) is 4.98 Å². The van der Waals surface area contributed by atoms with Crippen LogP contribution in [0.2, 0.25) is 0 Å². The molecule has 0 radical (unpaired) electrons. The summed E-state index contributed by atoms with van der Waals surface area (Å²) in [6.07, 6.45) is 2.49. The summed E-state index contributed by atoms with van der Waals surface area (Å²) in [6.45, 7) is 9.49. The van der Waals surface area contributed by atoms with Gasteiger partial charge in [0.1, 0.15) is 0 Å². The van der Waals surface area contributed by atoms with E-state index in [4.69, 9.17) is 4.98 Å². The number of aromatic nitrogens is 1. The summed E-state index contributed by atoms with van der Waals surface area (Å²) in [5.41, 5.74) is 6.85. The van der Waals surface area contributed by atoms with Gasteiger partial charge >= 0.3 is 0 Å². The number of hydrogen-bond acceptors (Lipinski definition) is 1. The van der Waals surface area contributed by atoms with Crippen LogP contribution in [0.15, 0.2) is 54.6 Å². The Hall–Kier alpha value is -2.15. The molecule has 0 unspecified atom stereocenters. The molecule has 0 bridgehead atoms. The van der Waals surface area contributed by atoms with Gasteiger partial charge in [-0.2, -0.15) is 0 Å². The van der Waals surface area contributed by atoms with Crippen LogP contribution in [0.3, 0.4) is 0 Å². The maximum Gasteiger partial charge on any atom is 0.0709 e. The molecule has 0 aliphatic heterocycles. The second-order valence-corrected chi connectivity index (χ2v) is 8.42. The third-order valence-corrected chi connectivity index (χ3v) is 5.75. The average molecular weight is 315 g/mol. The maximum atomic E-state index is 4.88. The van der Waals surface area contributed by atoms with E-state index in [1.165, 1.54) is 34.9 Å². The highest BCUT2D eigenvalue weighted by molar-refractivity contribution is 5.81. The fourth-order valence-electron chi connectivity index (χ4n) is 3.97. The van der Waals surface area contributed by atoms with Crippen molar-refractivity contribution in [3.63, 3.8) is 0 Å². The predicted octanol–water partition coefficient (Wildman–Crippen LogP) is 6.25. The standard InChI is InChI=1S/C23H25N/c1-22(2)13-14-23(3,4)19-15-17(9-11-18(19)22)21-12-10-16-7-5-6-8-20(16)24-21/h5-12,15H,13-14H2,1-4H3. The molecular weight excluding hydrogens is 290 g/mol. The van der Waals surface area contributed by atoms with E-state index >= 15 is 0 Å². The lowest BCUT2D eigenvalue weighted by atomic mass is 9.63. The summed E-state index contributed by atoms with van der Waals surface area (Å²) in [6, 6.07) is 19.6. The summed E-state index contributed by atoms with van der Waals surface area (Å²) in [7, 11) is 0. The summed E-state index contributed by atoms with van der Waals surface area (Å²) < 4.78 is 0. The van der Waals surface area contributed by atoms with Gasteiger partial charge in [0.2, 0.25) is 0 Å². The molecule has 0 spiro atoms. The fourth-order valence-corrected chi connectivity index (χ4v) is 3.97. The molecule has 0 amide bonds. The Labute approximate surface area is 144 Å². The largest absolute Gasteiger partial charge is 0.248 e. The van der Waals surface area contributed by atoms with E-state index < -0.39 is 0 Å². The van der Waals surface area contributed by atoms with Gasteiger partial charge in [-0.3, -0.25) is 0 Å². The molecule has 1 heteroatoms. The molecule has 0 saturated carbocycles. The first-order valence-corrected chi connectivity index (χ1v) is 8.88. The van der Waals surface area contributed by atoms with Crippen molar-refractivity contribution >= 4 is 10.9 Å². The van der Waals surface area contributed by atoms with Gasteiger partial charge < -0.3 is 0 Å². The van der Waals surface area contributed by atoms with Gasteiger partial charge in [-0.25, -0.2) is 4.98 Å². The Bertz CT molecular complexity index is 918. The number of benzene rings is 2. The zero-order valence-electron chi connectivity index (χ0n) is 15.1. The molecule has 1 aliphatic rings. The maximum absolute atomic E-state index is 4.88. The Morgan fingerprint density at radius 3 is 2.25 bits per heavy atom. The van der Waals surface area contributed by atoms with Gasteiger partial charge in [-0.05, 0) is 53.0 Å². The summed E-state index contributed by atoms with van der Waals surface area (Å²) in [5, 5.41) is 1.20. The molecule has 4 rings (SSSR count). The molecule has 0 atom stereocenters. The molecule has 122 valence electrons. The minimum absolute atomic E-state index is 0.234. The Kier molecular flexibility index (Phi) is 3.32. The van der Waals surface area contributed by atoms with Crippen LogP contribution >= 0.6 is 0 Å². The molecule has 1 aliphatic carbocycles. The molecule has 24 heavy (non-hydrogen) atoms. The fraction of sp³-hybridized carbons (Fsp3) is 0.348. The van der Waals surface area contributed by atoms with Crippen LogP contribution < -0.4 is 0 Å². The summed E-state index contributed by atoms with van der Waals surface area (Å²) in [5.74, 6) is 0. The zero-order chi connectivity index (χ0) is 16.9. The van der Waals surface area contributed by atoms with E-state index in [2.05, 4.69) is 82.3 Å². The first-order valence-electron chi connectivity index (χ1n) is 8.88. The number of pyridine rings is 1. The van der Waals surface area contributed by atoms with E-state index in [1.54, 1.807) is 0 Å². The second-order valence-electron chi connectivity index (χ2n) is 8.42. The number of nitrogens with zero attached hydrogens (tertiary/aromatic N) is 1. The van der Waals surface area contributed by atoms with E-state index in [1.807, 2.05) is 0 Å². The lowest BCUT2D eigenvalue weighted by Gasteiger charge is -2.42. The third kappa shape index (κ3) is 2.43. The normalized spacial score (nSPS) is 18.3. The molecule has 0 N–H and O–H groups in total. The molecular formula is C23H25N. The van der Waals surface area contributed by atoms with Crippen molar-refractivity contribution in [2.75, 3.05) is 0 Å². The van der Waals surface area contributed by atoms with Crippen molar-refractivity contribution < 1.29 is 0 Å². The van der Waals surface area contributed by atoms with E-state index in [9.17, 15) is 0 Å². The van der Waals surface area contributed by atoms with Gasteiger partial charge in [0.15, 0.2) is 0 Å². The van der Waals surface area contributed by atoms with Gasteiger partial charge in [0.05, 0.1) is 11.2 Å². The van der Waals surface area contributed by atoms with Gasteiger partial charge in [-0.1, -0.05) is 64.1 Å². The molecule has 3 aromatic rings. The summed E-state index contributed by atoms with van der Waals surface area (Å²) in [4.78, 5) is 4.88. The van der Waals surface area contributed by atoms with Gasteiger partial charge in [0.25, 0.3) is 0 Å². The predicted molar refractivity (Wildman–Crippen MR) is 102 cm³/mol. The molecule has 1 nitrogen and oxygen atoms in total. The molecule has 1 aromatic heterocycles. The van der Waals surface area contributed by atoms with Crippen LogP contribution in [0.1, 0.15) is 51.7 Å². The molecule has 2 aromatic carbocycles. The van der Waals surface area contributed by atoms with Crippen molar-refractivity contribution in [2.45, 2.75) is 51.4 Å². The van der Waals surface area contributed by atoms with Crippen LogP contribution in [-0.2, 0) is 10.8 Å². The highest BCUT2D eigenvalue weighted by Crippen LogP contribution is 2.46. The van der Waals surface area contributed by atoms with Crippen LogP contribution in [0, 0.1) is 0 Å². The highest BCUT2D eigenvalue weighted by Gasteiger charge is 2.36.